The summed E-state index contributed by atoms with van der Waals surface area (Å²) in [7, 11) is 1.62. The number of carbonyl (C=O) groups is 2. The quantitative estimate of drug-likeness (QED) is 0.499. The van der Waals surface area contributed by atoms with Crippen molar-refractivity contribution in [1.82, 2.24) is 10.2 Å². The first-order chi connectivity index (χ1) is 16.1. The second-order valence-corrected chi connectivity index (χ2v) is 9.65. The van der Waals surface area contributed by atoms with Crippen LogP contribution in [0.2, 0.25) is 0 Å². The van der Waals surface area contributed by atoms with Crippen molar-refractivity contribution in [3.05, 3.63) is 59.7 Å². The van der Waals surface area contributed by atoms with Gasteiger partial charge in [0.15, 0.2) is 6.61 Å². The number of nitrogens with one attached hydrogen (secondary N) is 1. The van der Waals surface area contributed by atoms with Gasteiger partial charge in [-0.3, -0.25) is 9.59 Å². The molecule has 0 aliphatic carbocycles. The number of ether oxygens (including phenoxy) is 2. The molecular formula is C28H40N2O4. The molecular weight excluding hydrogens is 428 g/mol. The predicted molar refractivity (Wildman–Crippen MR) is 136 cm³/mol. The Labute approximate surface area is 204 Å². The summed E-state index contributed by atoms with van der Waals surface area (Å²) in [6.07, 6.45) is 1.32. The zero-order valence-electron chi connectivity index (χ0n) is 21.7. The normalized spacial score (nSPS) is 13.0. The molecule has 34 heavy (non-hydrogen) atoms. The van der Waals surface area contributed by atoms with Crippen molar-refractivity contribution in [2.24, 2.45) is 0 Å². The molecule has 2 aromatic carbocycles. The van der Waals surface area contributed by atoms with Crippen molar-refractivity contribution in [2.45, 2.75) is 78.4 Å². The Morgan fingerprint density at radius 3 is 2.21 bits per heavy atom. The Morgan fingerprint density at radius 2 is 1.65 bits per heavy atom. The monoisotopic (exact) mass is 468 g/mol. The topological polar surface area (TPSA) is 67.9 Å². The van der Waals surface area contributed by atoms with Crippen LogP contribution >= 0.6 is 0 Å². The number of rotatable bonds is 11. The Morgan fingerprint density at radius 1 is 1.00 bits per heavy atom. The SMILES string of the molecule is CC[C@H](C(=O)N[C@@H](C)CC)N(Cc1ccc(OC)cc1)C(=O)COc1ccccc1C(C)(C)C. The lowest BCUT2D eigenvalue weighted by molar-refractivity contribution is -0.143. The number of para-hydroxylation sites is 1. The van der Waals surface area contributed by atoms with Gasteiger partial charge in [0.2, 0.25) is 5.91 Å². The van der Waals surface area contributed by atoms with Crippen molar-refractivity contribution in [3.8, 4) is 11.5 Å². The third-order valence-electron chi connectivity index (χ3n) is 5.95. The Bertz CT molecular complexity index is 934. The molecule has 2 rings (SSSR count). The van der Waals surface area contributed by atoms with E-state index in [-0.39, 0.29) is 29.9 Å². The summed E-state index contributed by atoms with van der Waals surface area (Å²) in [5.41, 5.74) is 1.83. The first-order valence-corrected chi connectivity index (χ1v) is 12.1. The van der Waals surface area contributed by atoms with E-state index in [1.807, 2.05) is 69.3 Å². The highest BCUT2D eigenvalue weighted by molar-refractivity contribution is 5.88. The van der Waals surface area contributed by atoms with Crippen LogP contribution in [0.4, 0.5) is 0 Å². The number of benzene rings is 2. The highest BCUT2D eigenvalue weighted by atomic mass is 16.5. The largest absolute Gasteiger partial charge is 0.497 e. The maximum atomic E-state index is 13.5. The van der Waals surface area contributed by atoms with E-state index in [4.69, 9.17) is 9.47 Å². The summed E-state index contributed by atoms with van der Waals surface area (Å²) in [5.74, 6) is 1.05. The Balaban J connectivity index is 2.28. The number of nitrogens with zero attached hydrogens (tertiary/aromatic N) is 1. The van der Waals surface area contributed by atoms with Crippen molar-refractivity contribution >= 4 is 11.8 Å². The first kappa shape index (κ1) is 27.2. The van der Waals surface area contributed by atoms with Crippen LogP contribution in [0.5, 0.6) is 11.5 Å². The van der Waals surface area contributed by atoms with Crippen LogP contribution in [0.3, 0.4) is 0 Å². The van der Waals surface area contributed by atoms with Crippen molar-refractivity contribution in [1.29, 1.82) is 0 Å². The minimum atomic E-state index is -0.593. The molecule has 0 saturated carbocycles. The molecule has 0 bridgehead atoms. The minimum absolute atomic E-state index is 0.0365. The van der Waals surface area contributed by atoms with Crippen LogP contribution in [0, 0.1) is 0 Å². The number of hydrogen-bond donors (Lipinski definition) is 1. The lowest BCUT2D eigenvalue weighted by Gasteiger charge is -2.31. The highest BCUT2D eigenvalue weighted by Crippen LogP contribution is 2.31. The van der Waals surface area contributed by atoms with Crippen LogP contribution in [0.25, 0.3) is 0 Å². The zero-order valence-corrected chi connectivity index (χ0v) is 21.7. The van der Waals surface area contributed by atoms with Crippen molar-refractivity contribution in [2.75, 3.05) is 13.7 Å². The molecule has 0 aliphatic rings. The number of methoxy groups -OCH3 is 1. The van der Waals surface area contributed by atoms with Gasteiger partial charge in [0, 0.05) is 12.6 Å². The van der Waals surface area contributed by atoms with E-state index < -0.39 is 6.04 Å². The van der Waals surface area contributed by atoms with Gasteiger partial charge in [0.25, 0.3) is 5.91 Å². The molecule has 0 unspecified atom stereocenters. The van der Waals surface area contributed by atoms with Crippen LogP contribution in [-0.4, -0.2) is 42.5 Å². The second-order valence-electron chi connectivity index (χ2n) is 9.65. The number of carbonyl (C=O) groups excluding carboxylic acids is 2. The standard InChI is InChI=1S/C28H40N2O4/c1-8-20(3)29-27(32)24(9-2)30(18-21-14-16-22(33-7)17-15-21)26(31)19-34-25-13-11-10-12-23(25)28(4,5)6/h10-17,20,24H,8-9,18-19H2,1-7H3,(H,29,32)/t20-,24+/m0/s1. The molecule has 6 nitrogen and oxygen atoms in total. The van der Waals surface area contributed by atoms with Gasteiger partial charge in [-0.25, -0.2) is 0 Å². The summed E-state index contributed by atoms with van der Waals surface area (Å²) >= 11 is 0. The summed E-state index contributed by atoms with van der Waals surface area (Å²) in [6.45, 7) is 12.4. The van der Waals surface area contributed by atoms with E-state index in [1.165, 1.54) is 0 Å². The smallest absolute Gasteiger partial charge is 0.261 e. The molecule has 0 fully saturated rings. The van der Waals surface area contributed by atoms with Gasteiger partial charge >= 0.3 is 0 Å². The van der Waals surface area contributed by atoms with E-state index in [1.54, 1.807) is 12.0 Å². The molecule has 2 atom stereocenters. The van der Waals surface area contributed by atoms with Crippen molar-refractivity contribution in [3.63, 3.8) is 0 Å². The fraction of sp³-hybridized carbons (Fsp3) is 0.500. The van der Waals surface area contributed by atoms with Crippen LogP contribution in [0.1, 0.15) is 65.5 Å². The van der Waals surface area contributed by atoms with Gasteiger partial charge in [-0.05, 0) is 54.5 Å². The molecule has 0 aromatic heterocycles. The summed E-state index contributed by atoms with van der Waals surface area (Å²) in [4.78, 5) is 28.2. The average molecular weight is 469 g/mol. The van der Waals surface area contributed by atoms with E-state index in [2.05, 4.69) is 26.1 Å². The fourth-order valence-corrected chi connectivity index (χ4v) is 3.72. The van der Waals surface area contributed by atoms with Gasteiger partial charge in [-0.1, -0.05) is 65.0 Å². The fourth-order valence-electron chi connectivity index (χ4n) is 3.72. The van der Waals surface area contributed by atoms with Gasteiger partial charge < -0.3 is 19.7 Å². The first-order valence-electron chi connectivity index (χ1n) is 12.1. The van der Waals surface area contributed by atoms with Crippen LogP contribution in [0.15, 0.2) is 48.5 Å². The van der Waals surface area contributed by atoms with E-state index in [0.29, 0.717) is 18.7 Å². The van der Waals surface area contributed by atoms with Gasteiger partial charge in [0.1, 0.15) is 17.5 Å². The predicted octanol–water partition coefficient (Wildman–Crippen LogP) is 5.09. The van der Waals surface area contributed by atoms with Gasteiger partial charge in [-0.15, -0.1) is 0 Å². The molecule has 2 aromatic rings. The molecule has 0 aliphatic heterocycles. The van der Waals surface area contributed by atoms with Crippen molar-refractivity contribution < 1.29 is 19.1 Å². The van der Waals surface area contributed by atoms with Gasteiger partial charge in [0.05, 0.1) is 7.11 Å². The zero-order chi connectivity index (χ0) is 25.3. The number of amides is 2. The molecule has 0 spiro atoms. The summed E-state index contributed by atoms with van der Waals surface area (Å²) in [5, 5.41) is 3.03. The van der Waals surface area contributed by atoms with E-state index in [0.717, 1.165) is 23.3 Å². The van der Waals surface area contributed by atoms with Crippen LogP contribution < -0.4 is 14.8 Å². The average Bonchev–Trinajstić information content (AvgIpc) is 2.82. The molecule has 6 heteroatoms. The molecule has 0 saturated heterocycles. The molecule has 0 heterocycles. The molecule has 0 radical (unpaired) electrons. The number of hydrogen-bond acceptors (Lipinski definition) is 4. The highest BCUT2D eigenvalue weighted by Gasteiger charge is 2.30. The minimum Gasteiger partial charge on any atom is -0.497 e. The summed E-state index contributed by atoms with van der Waals surface area (Å²) in [6, 6.07) is 14.7. The molecule has 1 N–H and O–H groups in total. The summed E-state index contributed by atoms with van der Waals surface area (Å²) < 4.78 is 11.3. The second kappa shape index (κ2) is 12.4. The third-order valence-corrected chi connectivity index (χ3v) is 5.95. The van der Waals surface area contributed by atoms with E-state index >= 15 is 0 Å². The molecule has 2 amide bonds. The lowest BCUT2D eigenvalue weighted by atomic mass is 9.86. The van der Waals surface area contributed by atoms with Gasteiger partial charge in [-0.2, -0.15) is 0 Å². The van der Waals surface area contributed by atoms with Crippen LogP contribution in [-0.2, 0) is 21.5 Å². The maximum absolute atomic E-state index is 13.5. The third kappa shape index (κ3) is 7.51. The maximum Gasteiger partial charge on any atom is 0.261 e. The lowest BCUT2D eigenvalue weighted by Crippen LogP contribution is -2.51. The molecule has 186 valence electrons. The Hall–Kier alpha value is -3.02. The Kier molecular flexibility index (Phi) is 9.97. The van der Waals surface area contributed by atoms with E-state index in [9.17, 15) is 9.59 Å².